The van der Waals surface area contributed by atoms with Crippen LogP contribution in [0.2, 0.25) is 0 Å². The molecule has 0 aliphatic carbocycles. The molecule has 29 heavy (non-hydrogen) atoms. The maximum atomic E-state index is 12.2. The topological polar surface area (TPSA) is 58.6 Å². The molecule has 0 spiro atoms. The van der Waals surface area contributed by atoms with Crippen molar-refractivity contribution in [3.8, 4) is 0 Å². The zero-order valence-corrected chi connectivity index (χ0v) is 18.6. The second-order valence-electron chi connectivity index (χ2n) is 8.38. The Balaban J connectivity index is 0.00000150. The Labute approximate surface area is 185 Å². The molecule has 4 heterocycles. The molecule has 1 amide bonds. The molecule has 0 aromatic heterocycles. The lowest BCUT2D eigenvalue weighted by molar-refractivity contribution is -0.146. The summed E-state index contributed by atoms with van der Waals surface area (Å²) < 4.78 is 5.73. The van der Waals surface area contributed by atoms with Crippen molar-refractivity contribution >= 4 is 42.4 Å². The highest BCUT2D eigenvalue weighted by Gasteiger charge is 2.46. The molecule has 0 unspecified atom stereocenters. The van der Waals surface area contributed by atoms with Crippen molar-refractivity contribution in [3.05, 3.63) is 29.8 Å². The summed E-state index contributed by atoms with van der Waals surface area (Å²) in [6.45, 7) is 0.518. The van der Waals surface area contributed by atoms with Crippen LogP contribution < -0.4 is 5.32 Å². The number of benzene rings is 1. The quantitative estimate of drug-likeness (QED) is 0.598. The first-order valence-electron chi connectivity index (χ1n) is 10.4. The molecule has 4 aliphatic rings. The van der Waals surface area contributed by atoms with E-state index in [2.05, 4.69) is 29.4 Å². The van der Waals surface area contributed by atoms with Gasteiger partial charge in [-0.05, 0) is 62.8 Å². The lowest BCUT2D eigenvalue weighted by Gasteiger charge is -2.43. The van der Waals surface area contributed by atoms with Crippen LogP contribution in [0.25, 0.3) is 0 Å². The molecule has 7 heteroatoms. The van der Waals surface area contributed by atoms with Gasteiger partial charge in [0.05, 0.1) is 6.61 Å². The van der Waals surface area contributed by atoms with Crippen molar-refractivity contribution in [2.75, 3.05) is 19.0 Å². The van der Waals surface area contributed by atoms with Crippen molar-refractivity contribution in [2.24, 2.45) is 5.92 Å². The fraction of sp³-hybridized carbons (Fsp3) is 0.636. The number of rotatable bonds is 0. The molecule has 1 aromatic carbocycles. The number of nitrogens with zero attached hydrogens (tertiary/aromatic N) is 1. The number of carbonyl (C=O) groups excluding carboxylic acids is 2. The summed E-state index contributed by atoms with van der Waals surface area (Å²) >= 11 is 0. The van der Waals surface area contributed by atoms with E-state index in [9.17, 15) is 9.59 Å². The van der Waals surface area contributed by atoms with Gasteiger partial charge in [0.15, 0.2) is 0 Å². The van der Waals surface area contributed by atoms with E-state index in [-0.39, 0.29) is 36.7 Å². The van der Waals surface area contributed by atoms with Gasteiger partial charge in [-0.2, -0.15) is 0 Å². The third-order valence-electron chi connectivity index (χ3n) is 6.78. The van der Waals surface area contributed by atoms with Gasteiger partial charge in [-0.25, -0.2) is 0 Å². The number of carbonyl (C=O) groups is 2. The highest BCUT2D eigenvalue weighted by molar-refractivity contribution is 5.90. The van der Waals surface area contributed by atoms with E-state index in [0.717, 1.165) is 31.4 Å². The number of anilines is 1. The van der Waals surface area contributed by atoms with Crippen LogP contribution in [0, 0.1) is 5.92 Å². The second-order valence-corrected chi connectivity index (χ2v) is 8.38. The Morgan fingerprint density at radius 3 is 2.48 bits per heavy atom. The standard InChI is InChI=1S/C22H30N2O3.2ClH/c1-24-17-11-12-20(24)19-14-27-22(26)6-4-2-3-5-21(25)23-16-9-7-15(8-10-16)18(19)13-17;;/h7-10,17-20H,2-6,11-14H2,1H3,(H,23,25);2*1H/t17-,18+,19-,20+;;/m0../s1. The van der Waals surface area contributed by atoms with Gasteiger partial charge in [-0.15, -0.1) is 24.8 Å². The molecule has 0 saturated carbocycles. The first-order valence-corrected chi connectivity index (χ1v) is 10.4. The minimum atomic E-state index is -0.0941. The monoisotopic (exact) mass is 442 g/mol. The molecular weight excluding hydrogens is 411 g/mol. The molecule has 4 atom stereocenters. The van der Waals surface area contributed by atoms with Gasteiger partial charge in [-0.1, -0.05) is 18.6 Å². The van der Waals surface area contributed by atoms with Gasteiger partial charge < -0.3 is 15.0 Å². The summed E-state index contributed by atoms with van der Waals surface area (Å²) in [6, 6.07) is 9.43. The molecule has 5 nitrogen and oxygen atoms in total. The minimum absolute atomic E-state index is 0. The van der Waals surface area contributed by atoms with Crippen LogP contribution in [-0.4, -0.2) is 42.5 Å². The predicted octanol–water partition coefficient (Wildman–Crippen LogP) is 4.54. The number of hydrogen-bond donors (Lipinski definition) is 1. The zero-order valence-electron chi connectivity index (χ0n) is 17.0. The summed E-state index contributed by atoms with van der Waals surface area (Å²) in [4.78, 5) is 26.8. The number of halogens is 2. The molecule has 5 rings (SSSR count). The number of esters is 1. The third kappa shape index (κ3) is 5.44. The minimum Gasteiger partial charge on any atom is -0.465 e. The molecule has 2 fully saturated rings. The van der Waals surface area contributed by atoms with Crippen LogP contribution in [-0.2, 0) is 14.3 Å². The maximum Gasteiger partial charge on any atom is 0.305 e. The van der Waals surface area contributed by atoms with Crippen LogP contribution in [0.5, 0.6) is 0 Å². The highest BCUT2D eigenvalue weighted by atomic mass is 35.5. The zero-order chi connectivity index (χ0) is 18.8. The van der Waals surface area contributed by atoms with E-state index in [1.165, 1.54) is 18.4 Å². The van der Waals surface area contributed by atoms with Crippen LogP contribution in [0.15, 0.2) is 24.3 Å². The Kier molecular flexibility index (Phi) is 8.80. The Bertz CT molecular complexity index is 698. The summed E-state index contributed by atoms with van der Waals surface area (Å²) in [5.41, 5.74) is 2.17. The molecule has 162 valence electrons. The molecule has 4 aliphatic heterocycles. The number of amides is 1. The second kappa shape index (κ2) is 10.6. The van der Waals surface area contributed by atoms with Gasteiger partial charge >= 0.3 is 5.97 Å². The lowest BCUT2D eigenvalue weighted by atomic mass is 9.76. The van der Waals surface area contributed by atoms with Gasteiger partial charge in [0.2, 0.25) is 5.91 Å². The normalized spacial score (nSPS) is 30.4. The van der Waals surface area contributed by atoms with E-state index in [1.807, 2.05) is 12.1 Å². The fourth-order valence-corrected chi connectivity index (χ4v) is 5.22. The average Bonchev–Trinajstić information content (AvgIpc) is 2.90. The van der Waals surface area contributed by atoms with Crippen molar-refractivity contribution < 1.29 is 14.3 Å². The lowest BCUT2D eigenvalue weighted by Crippen LogP contribution is -2.47. The first-order chi connectivity index (χ1) is 13.1. The molecule has 1 N–H and O–H groups in total. The average molecular weight is 443 g/mol. The molecule has 0 radical (unpaired) electrons. The number of nitrogens with one attached hydrogen (secondary N) is 1. The summed E-state index contributed by atoms with van der Waals surface area (Å²) in [5, 5.41) is 3.00. The number of piperidine rings is 1. The third-order valence-corrected chi connectivity index (χ3v) is 6.78. The van der Waals surface area contributed by atoms with Crippen molar-refractivity contribution in [1.82, 2.24) is 4.90 Å². The van der Waals surface area contributed by atoms with E-state index in [0.29, 0.717) is 43.4 Å². The van der Waals surface area contributed by atoms with Crippen molar-refractivity contribution in [1.29, 1.82) is 0 Å². The first kappa shape index (κ1) is 24.0. The number of hydrogen-bond acceptors (Lipinski definition) is 4. The van der Waals surface area contributed by atoms with Gasteiger partial charge in [0.25, 0.3) is 0 Å². The summed E-state index contributed by atoms with van der Waals surface area (Å²) in [7, 11) is 2.22. The Hall–Kier alpha value is -1.30. The van der Waals surface area contributed by atoms with Crippen LogP contribution in [0.1, 0.15) is 62.8 Å². The molecular formula is C22H32Cl2N2O3. The van der Waals surface area contributed by atoms with E-state index >= 15 is 0 Å². The van der Waals surface area contributed by atoms with Crippen LogP contribution in [0.4, 0.5) is 5.69 Å². The summed E-state index contributed by atoms with van der Waals surface area (Å²) in [6.07, 6.45) is 6.95. The predicted molar refractivity (Wildman–Crippen MR) is 119 cm³/mol. The van der Waals surface area contributed by atoms with Crippen molar-refractivity contribution in [3.63, 3.8) is 0 Å². The van der Waals surface area contributed by atoms with Gasteiger partial charge in [0, 0.05) is 36.5 Å². The smallest absolute Gasteiger partial charge is 0.305 e. The van der Waals surface area contributed by atoms with Gasteiger partial charge in [0.1, 0.15) is 0 Å². The fourth-order valence-electron chi connectivity index (χ4n) is 5.22. The van der Waals surface area contributed by atoms with Crippen LogP contribution in [0.3, 0.4) is 0 Å². The Morgan fingerprint density at radius 2 is 1.72 bits per heavy atom. The Morgan fingerprint density at radius 1 is 1.00 bits per heavy atom. The van der Waals surface area contributed by atoms with E-state index in [4.69, 9.17) is 4.74 Å². The maximum absolute atomic E-state index is 12.2. The molecule has 1 aromatic rings. The van der Waals surface area contributed by atoms with Crippen LogP contribution >= 0.6 is 24.8 Å². The van der Waals surface area contributed by atoms with Crippen molar-refractivity contribution in [2.45, 2.75) is 69.4 Å². The number of ether oxygens (including phenoxy) is 1. The molecule has 4 bridgehead atoms. The highest BCUT2D eigenvalue weighted by Crippen LogP contribution is 2.46. The SMILES string of the molecule is CN1[C@H]2CC[C@@H]1[C@H]1COC(=O)CCCCCC(=O)Nc3ccc(cc3)[C@H]1C2.Cl.Cl. The molecule has 2 saturated heterocycles. The van der Waals surface area contributed by atoms with E-state index < -0.39 is 0 Å². The summed E-state index contributed by atoms with van der Waals surface area (Å²) in [5.74, 6) is 0.700. The largest absolute Gasteiger partial charge is 0.465 e. The van der Waals surface area contributed by atoms with E-state index in [1.54, 1.807) is 0 Å². The number of fused-ring (bicyclic) bond motifs is 13. The van der Waals surface area contributed by atoms with Gasteiger partial charge in [-0.3, -0.25) is 9.59 Å².